The molecule has 1 aromatic carbocycles. The Morgan fingerprint density at radius 3 is 2.89 bits per heavy atom. The summed E-state index contributed by atoms with van der Waals surface area (Å²) in [5.41, 5.74) is 7.26. The van der Waals surface area contributed by atoms with Crippen LogP contribution < -0.4 is 15.2 Å². The average Bonchev–Trinajstić information content (AvgIpc) is 2.74. The summed E-state index contributed by atoms with van der Waals surface area (Å²) in [6.07, 6.45) is -0.0212. The monoisotopic (exact) mass is 253 g/mol. The number of aliphatic hydroxyl groups excluding tert-OH is 2. The van der Waals surface area contributed by atoms with E-state index >= 15 is 0 Å². The fraction of sp³-hybridized carbons (Fsp3) is 0.538. The van der Waals surface area contributed by atoms with Gasteiger partial charge in [-0.3, -0.25) is 0 Å². The van der Waals surface area contributed by atoms with Gasteiger partial charge in [-0.1, -0.05) is 0 Å². The molecule has 0 radical (unpaired) electrons. The number of fused-ring (bicyclic) bond motifs is 1. The van der Waals surface area contributed by atoms with Gasteiger partial charge in [0.15, 0.2) is 0 Å². The lowest BCUT2D eigenvalue weighted by Gasteiger charge is -2.20. The number of aliphatic hydroxyl groups is 2. The zero-order valence-electron chi connectivity index (χ0n) is 10.6. The maximum Gasteiger partial charge on any atom is 0.125 e. The van der Waals surface area contributed by atoms with E-state index in [0.717, 1.165) is 17.7 Å². The van der Waals surface area contributed by atoms with Crippen LogP contribution in [0.25, 0.3) is 0 Å². The predicted octanol–water partition coefficient (Wildman–Crippen LogP) is 0.372. The first-order chi connectivity index (χ1) is 8.56. The number of nitrogens with two attached hydrogens (primary N) is 1. The van der Waals surface area contributed by atoms with Crippen LogP contribution in [-0.4, -0.2) is 36.1 Å². The molecule has 0 aliphatic carbocycles. The van der Waals surface area contributed by atoms with E-state index in [-0.39, 0.29) is 12.7 Å². The molecule has 0 saturated heterocycles. The van der Waals surface area contributed by atoms with Crippen LogP contribution in [-0.2, 0) is 6.42 Å². The van der Waals surface area contributed by atoms with E-state index in [2.05, 4.69) is 0 Å². The molecule has 0 aromatic heterocycles. The van der Waals surface area contributed by atoms with Crippen molar-refractivity contribution in [2.45, 2.75) is 31.6 Å². The second-order valence-corrected chi connectivity index (χ2v) is 4.63. The van der Waals surface area contributed by atoms with Crippen LogP contribution in [0.1, 0.15) is 24.2 Å². The molecule has 0 fully saturated rings. The van der Waals surface area contributed by atoms with Gasteiger partial charge in [-0.25, -0.2) is 0 Å². The Bertz CT molecular complexity index is 435. The summed E-state index contributed by atoms with van der Waals surface area (Å²) in [6.45, 7) is 1.70. The first kappa shape index (κ1) is 13.1. The zero-order valence-corrected chi connectivity index (χ0v) is 10.6. The van der Waals surface area contributed by atoms with Gasteiger partial charge in [-0.05, 0) is 19.1 Å². The lowest BCUT2D eigenvalue weighted by Crippen LogP contribution is -2.32. The average molecular weight is 253 g/mol. The van der Waals surface area contributed by atoms with E-state index in [1.165, 1.54) is 0 Å². The van der Waals surface area contributed by atoms with Crippen molar-refractivity contribution in [3.05, 3.63) is 23.3 Å². The lowest BCUT2D eigenvalue weighted by atomic mass is 9.99. The van der Waals surface area contributed by atoms with E-state index in [4.69, 9.17) is 20.3 Å². The Morgan fingerprint density at radius 1 is 1.56 bits per heavy atom. The third kappa shape index (κ3) is 2.29. The first-order valence-corrected chi connectivity index (χ1v) is 5.98. The minimum absolute atomic E-state index is 0.128. The molecule has 3 atom stereocenters. The molecule has 3 unspecified atom stereocenters. The fourth-order valence-corrected chi connectivity index (χ4v) is 2.19. The van der Waals surface area contributed by atoms with Gasteiger partial charge in [0.05, 0.1) is 25.9 Å². The Balaban J connectivity index is 2.38. The van der Waals surface area contributed by atoms with Crippen molar-refractivity contribution in [3.8, 4) is 11.5 Å². The quantitative estimate of drug-likeness (QED) is 0.722. The highest BCUT2D eigenvalue weighted by Gasteiger charge is 2.26. The number of rotatable bonds is 4. The lowest BCUT2D eigenvalue weighted by molar-refractivity contribution is 0.107. The van der Waals surface area contributed by atoms with Crippen LogP contribution in [0.15, 0.2) is 12.1 Å². The van der Waals surface area contributed by atoms with E-state index in [0.29, 0.717) is 11.3 Å². The molecular formula is C13H19NO4. The van der Waals surface area contributed by atoms with Crippen LogP contribution in [0, 0.1) is 0 Å². The van der Waals surface area contributed by atoms with E-state index in [1.54, 1.807) is 13.2 Å². The molecule has 5 heteroatoms. The van der Waals surface area contributed by atoms with Crippen LogP contribution in [0.5, 0.6) is 11.5 Å². The predicted molar refractivity (Wildman–Crippen MR) is 66.8 cm³/mol. The molecule has 0 amide bonds. The summed E-state index contributed by atoms with van der Waals surface area (Å²) in [6, 6.07) is 2.87. The van der Waals surface area contributed by atoms with Crippen molar-refractivity contribution in [3.63, 3.8) is 0 Å². The van der Waals surface area contributed by atoms with Gasteiger partial charge in [-0.15, -0.1) is 0 Å². The summed E-state index contributed by atoms with van der Waals surface area (Å²) in [7, 11) is 1.54. The van der Waals surface area contributed by atoms with Crippen molar-refractivity contribution in [1.29, 1.82) is 0 Å². The minimum Gasteiger partial charge on any atom is -0.496 e. The normalized spacial score (nSPS) is 21.1. The molecule has 1 aromatic rings. The van der Waals surface area contributed by atoms with E-state index < -0.39 is 12.1 Å². The second kappa shape index (κ2) is 5.14. The van der Waals surface area contributed by atoms with Gasteiger partial charge >= 0.3 is 0 Å². The van der Waals surface area contributed by atoms with Crippen LogP contribution in [0.3, 0.4) is 0 Å². The highest BCUT2D eigenvalue weighted by atomic mass is 16.5. The van der Waals surface area contributed by atoms with Gasteiger partial charge in [-0.2, -0.15) is 0 Å². The molecule has 0 spiro atoms. The maximum absolute atomic E-state index is 10.1. The Hall–Kier alpha value is -1.30. The molecule has 0 bridgehead atoms. The first-order valence-electron chi connectivity index (χ1n) is 5.98. The van der Waals surface area contributed by atoms with Gasteiger partial charge in [0.2, 0.25) is 0 Å². The van der Waals surface area contributed by atoms with Crippen molar-refractivity contribution in [2.75, 3.05) is 13.7 Å². The summed E-state index contributed by atoms with van der Waals surface area (Å²) in [5.74, 6) is 1.32. The molecule has 1 heterocycles. The summed E-state index contributed by atoms with van der Waals surface area (Å²) >= 11 is 0. The minimum atomic E-state index is -0.977. The fourth-order valence-electron chi connectivity index (χ4n) is 2.19. The molecule has 18 heavy (non-hydrogen) atoms. The van der Waals surface area contributed by atoms with Gasteiger partial charge in [0.25, 0.3) is 0 Å². The summed E-state index contributed by atoms with van der Waals surface area (Å²) in [5, 5.41) is 19.1. The van der Waals surface area contributed by atoms with Crippen molar-refractivity contribution in [1.82, 2.24) is 0 Å². The number of benzene rings is 1. The number of methoxy groups -OCH3 is 1. The third-order valence-electron chi connectivity index (χ3n) is 3.18. The summed E-state index contributed by atoms with van der Waals surface area (Å²) < 4.78 is 10.9. The Kier molecular flexibility index (Phi) is 3.75. The molecule has 100 valence electrons. The van der Waals surface area contributed by atoms with Crippen molar-refractivity contribution < 1.29 is 19.7 Å². The van der Waals surface area contributed by atoms with Crippen LogP contribution >= 0.6 is 0 Å². The maximum atomic E-state index is 10.1. The SMILES string of the molecule is COc1cc2c(cc1C(O)C(N)CO)OC(C)C2. The Labute approximate surface area is 106 Å². The molecule has 1 aliphatic heterocycles. The van der Waals surface area contributed by atoms with Gasteiger partial charge in [0.1, 0.15) is 17.6 Å². The highest BCUT2D eigenvalue weighted by molar-refractivity contribution is 5.49. The number of hydrogen-bond donors (Lipinski definition) is 3. The number of hydrogen-bond acceptors (Lipinski definition) is 5. The second-order valence-electron chi connectivity index (χ2n) is 4.63. The summed E-state index contributed by atoms with van der Waals surface area (Å²) in [4.78, 5) is 0. The standard InChI is InChI=1S/C13H19NO4/c1-7-3-8-4-12(17-2)9(5-11(8)18-7)13(16)10(14)6-15/h4-5,7,10,13,15-16H,3,6,14H2,1-2H3. The topological polar surface area (TPSA) is 84.9 Å². The zero-order chi connectivity index (χ0) is 13.3. The molecule has 4 N–H and O–H groups in total. The largest absolute Gasteiger partial charge is 0.496 e. The van der Waals surface area contributed by atoms with E-state index in [9.17, 15) is 5.11 Å². The molecule has 5 nitrogen and oxygen atoms in total. The Morgan fingerprint density at radius 2 is 2.28 bits per heavy atom. The molecule has 0 saturated carbocycles. The highest BCUT2D eigenvalue weighted by Crippen LogP contribution is 2.38. The molecular weight excluding hydrogens is 234 g/mol. The van der Waals surface area contributed by atoms with Crippen molar-refractivity contribution in [2.24, 2.45) is 5.73 Å². The molecule has 1 aliphatic rings. The van der Waals surface area contributed by atoms with Crippen LogP contribution in [0.2, 0.25) is 0 Å². The van der Waals surface area contributed by atoms with E-state index in [1.807, 2.05) is 13.0 Å². The third-order valence-corrected chi connectivity index (χ3v) is 3.18. The van der Waals surface area contributed by atoms with Gasteiger partial charge < -0.3 is 25.4 Å². The van der Waals surface area contributed by atoms with Crippen molar-refractivity contribution >= 4 is 0 Å². The smallest absolute Gasteiger partial charge is 0.125 e. The van der Waals surface area contributed by atoms with Gasteiger partial charge in [0, 0.05) is 17.5 Å². The number of ether oxygens (including phenoxy) is 2. The molecule has 2 rings (SSSR count). The van der Waals surface area contributed by atoms with Crippen LogP contribution in [0.4, 0.5) is 0 Å².